The molecule has 23 heavy (non-hydrogen) atoms. The van der Waals surface area contributed by atoms with E-state index >= 15 is 0 Å². The van der Waals surface area contributed by atoms with Crippen molar-refractivity contribution in [3.8, 4) is 11.5 Å². The molecule has 0 aliphatic rings. The third kappa shape index (κ3) is 4.86. The number of benzene rings is 2. The van der Waals surface area contributed by atoms with E-state index in [1.54, 1.807) is 48.5 Å². The predicted molar refractivity (Wildman–Crippen MR) is 89.6 cm³/mol. The minimum atomic E-state index is -3.65. The van der Waals surface area contributed by atoms with Gasteiger partial charge in [0.1, 0.15) is 11.5 Å². The lowest BCUT2D eigenvalue weighted by atomic mass is 10.3. The molecule has 1 atom stereocenters. The van der Waals surface area contributed by atoms with Crippen molar-refractivity contribution in [2.75, 3.05) is 0 Å². The molecule has 0 fully saturated rings. The maximum atomic E-state index is 13.4. The number of nitrogens with one attached hydrogen (secondary N) is 1. The monoisotopic (exact) mass is 333 g/mol. The van der Waals surface area contributed by atoms with Crippen LogP contribution >= 0.6 is 7.60 Å². The van der Waals surface area contributed by atoms with Crippen molar-refractivity contribution < 1.29 is 18.4 Å². The van der Waals surface area contributed by atoms with Crippen molar-refractivity contribution in [1.82, 2.24) is 5.32 Å². The van der Waals surface area contributed by atoms with Gasteiger partial charge in [-0.25, -0.2) is 4.57 Å². The molecule has 2 aromatic rings. The average Bonchev–Trinajstić information content (AvgIpc) is 2.56. The Labute approximate surface area is 136 Å². The Balaban J connectivity index is 2.31. The Morgan fingerprint density at radius 3 is 1.87 bits per heavy atom. The number of rotatable bonds is 9. The predicted octanol–water partition coefficient (Wildman–Crippen LogP) is 4.21. The van der Waals surface area contributed by atoms with Crippen LogP contribution in [0.25, 0.3) is 0 Å². The van der Waals surface area contributed by atoms with Gasteiger partial charge < -0.3 is 14.4 Å². The highest BCUT2D eigenvalue weighted by Gasteiger charge is 2.38. The molecule has 1 N–H and O–H groups in total. The molecule has 0 radical (unpaired) electrons. The van der Waals surface area contributed by atoms with E-state index in [1.165, 1.54) is 0 Å². The molecule has 0 bridgehead atoms. The number of carbonyl (C=O) groups excluding carboxylic acids is 1. The maximum Gasteiger partial charge on any atom is 0.452 e. The number of para-hydroxylation sites is 2. The summed E-state index contributed by atoms with van der Waals surface area (Å²) in [6.07, 6.45) is 1.73. The van der Waals surface area contributed by atoms with E-state index in [4.69, 9.17) is 9.05 Å². The number of hydrogen-bond acceptors (Lipinski definition) is 4. The zero-order valence-electron chi connectivity index (χ0n) is 12.9. The zero-order chi connectivity index (χ0) is 16.5. The summed E-state index contributed by atoms with van der Waals surface area (Å²) in [4.78, 5) is 10.9. The van der Waals surface area contributed by atoms with Gasteiger partial charge in [-0.3, -0.25) is 4.79 Å². The van der Waals surface area contributed by atoms with Crippen LogP contribution in [-0.2, 0) is 9.36 Å². The van der Waals surface area contributed by atoms with E-state index in [2.05, 4.69) is 5.32 Å². The third-order valence-corrected chi connectivity index (χ3v) is 5.26. The van der Waals surface area contributed by atoms with Crippen molar-refractivity contribution in [2.45, 2.75) is 25.5 Å². The van der Waals surface area contributed by atoms with Crippen LogP contribution in [0, 0.1) is 0 Å². The van der Waals surface area contributed by atoms with E-state index < -0.39 is 13.4 Å². The molecule has 6 heteroatoms. The van der Waals surface area contributed by atoms with Crippen LogP contribution in [0.15, 0.2) is 60.7 Å². The molecule has 0 aliphatic heterocycles. The fourth-order valence-electron chi connectivity index (χ4n) is 2.09. The first kappa shape index (κ1) is 17.1. The Morgan fingerprint density at radius 2 is 1.48 bits per heavy atom. The first-order valence-corrected chi connectivity index (χ1v) is 9.08. The van der Waals surface area contributed by atoms with Crippen LogP contribution in [0.5, 0.6) is 11.5 Å². The SMILES string of the molecule is CCCC(NC=O)P(=O)(Oc1ccccc1)Oc1ccccc1. The average molecular weight is 333 g/mol. The van der Waals surface area contributed by atoms with Crippen molar-refractivity contribution in [1.29, 1.82) is 0 Å². The van der Waals surface area contributed by atoms with Gasteiger partial charge in [0.05, 0.1) is 0 Å². The maximum absolute atomic E-state index is 13.4. The van der Waals surface area contributed by atoms with E-state index in [9.17, 15) is 9.36 Å². The lowest BCUT2D eigenvalue weighted by Crippen LogP contribution is -2.31. The topological polar surface area (TPSA) is 64.6 Å². The van der Waals surface area contributed by atoms with Crippen LogP contribution in [0.3, 0.4) is 0 Å². The summed E-state index contributed by atoms with van der Waals surface area (Å²) >= 11 is 0. The molecule has 5 nitrogen and oxygen atoms in total. The van der Waals surface area contributed by atoms with Crippen LogP contribution < -0.4 is 14.4 Å². The van der Waals surface area contributed by atoms with Crippen molar-refractivity contribution in [2.24, 2.45) is 0 Å². The second-order valence-corrected chi connectivity index (χ2v) is 7.01. The lowest BCUT2D eigenvalue weighted by molar-refractivity contribution is -0.109. The highest BCUT2D eigenvalue weighted by Crippen LogP contribution is 2.53. The van der Waals surface area contributed by atoms with E-state index in [1.807, 2.05) is 19.1 Å². The van der Waals surface area contributed by atoms with Gasteiger partial charge >= 0.3 is 7.60 Å². The van der Waals surface area contributed by atoms with E-state index in [0.717, 1.165) is 6.42 Å². The second kappa shape index (κ2) is 8.39. The summed E-state index contributed by atoms with van der Waals surface area (Å²) in [5, 5.41) is 2.57. The van der Waals surface area contributed by atoms with Crippen molar-refractivity contribution >= 4 is 14.0 Å². The van der Waals surface area contributed by atoms with Crippen LogP contribution in [0.2, 0.25) is 0 Å². The van der Waals surface area contributed by atoms with Gasteiger partial charge in [0.2, 0.25) is 6.41 Å². The third-order valence-electron chi connectivity index (χ3n) is 3.16. The number of hydrogen-bond donors (Lipinski definition) is 1. The Kier molecular flexibility index (Phi) is 6.24. The van der Waals surface area contributed by atoms with Gasteiger partial charge in [-0.2, -0.15) is 0 Å². The molecule has 0 aromatic heterocycles. The van der Waals surface area contributed by atoms with Crippen LogP contribution in [0.4, 0.5) is 0 Å². The quantitative estimate of drug-likeness (QED) is 0.551. The molecule has 1 unspecified atom stereocenters. The van der Waals surface area contributed by atoms with Crippen LogP contribution in [0.1, 0.15) is 19.8 Å². The normalized spacial score (nSPS) is 12.2. The lowest BCUT2D eigenvalue weighted by Gasteiger charge is -2.26. The Hall–Kier alpha value is -2.26. The van der Waals surface area contributed by atoms with Gasteiger partial charge in [0.15, 0.2) is 5.78 Å². The summed E-state index contributed by atoms with van der Waals surface area (Å²) in [5.74, 6) is 0.145. The van der Waals surface area contributed by atoms with E-state index in [-0.39, 0.29) is 0 Å². The molecule has 122 valence electrons. The minimum Gasteiger partial charge on any atom is -0.415 e. The number of carbonyl (C=O) groups is 1. The molecular weight excluding hydrogens is 313 g/mol. The number of amides is 1. The van der Waals surface area contributed by atoms with Crippen molar-refractivity contribution in [3.63, 3.8) is 0 Å². The Morgan fingerprint density at radius 1 is 1.00 bits per heavy atom. The molecule has 0 heterocycles. The van der Waals surface area contributed by atoms with Crippen molar-refractivity contribution in [3.05, 3.63) is 60.7 Å². The summed E-state index contributed by atoms with van der Waals surface area (Å²) < 4.78 is 24.7. The molecule has 0 spiro atoms. The molecule has 0 saturated carbocycles. The smallest absolute Gasteiger partial charge is 0.415 e. The molecule has 0 aliphatic carbocycles. The fraction of sp³-hybridized carbons (Fsp3) is 0.235. The van der Waals surface area contributed by atoms with Gasteiger partial charge in [0, 0.05) is 0 Å². The highest BCUT2D eigenvalue weighted by atomic mass is 31.2. The first-order chi connectivity index (χ1) is 11.2. The molecule has 1 amide bonds. The summed E-state index contributed by atoms with van der Waals surface area (Å²) in [6, 6.07) is 17.6. The molecule has 2 aromatic carbocycles. The second-order valence-electron chi connectivity index (χ2n) is 4.94. The standard InChI is InChI=1S/C17H20NO4P/c1-2-9-17(18-14-19)23(20,21-15-10-5-3-6-11-15)22-16-12-7-4-8-13-16/h3-8,10-14,17H,2,9H2,1H3,(H,18,19). The van der Waals surface area contributed by atoms with Gasteiger partial charge in [0.25, 0.3) is 0 Å². The van der Waals surface area contributed by atoms with Crippen LogP contribution in [-0.4, -0.2) is 12.2 Å². The first-order valence-electron chi connectivity index (χ1n) is 7.46. The molecular formula is C17H20NO4P. The van der Waals surface area contributed by atoms with Gasteiger partial charge in [-0.15, -0.1) is 0 Å². The molecule has 0 saturated heterocycles. The molecule has 2 rings (SSSR count). The summed E-state index contributed by atoms with van der Waals surface area (Å²) in [7, 11) is -3.65. The fourth-order valence-corrected chi connectivity index (χ4v) is 4.03. The highest BCUT2D eigenvalue weighted by molar-refractivity contribution is 7.55. The minimum absolute atomic E-state index is 0.431. The summed E-state index contributed by atoms with van der Waals surface area (Å²) in [6.45, 7) is 1.94. The largest absolute Gasteiger partial charge is 0.452 e. The summed E-state index contributed by atoms with van der Waals surface area (Å²) in [5.41, 5.74) is 0. The van der Waals surface area contributed by atoms with Gasteiger partial charge in [-0.1, -0.05) is 49.7 Å². The zero-order valence-corrected chi connectivity index (χ0v) is 13.8. The van der Waals surface area contributed by atoms with Gasteiger partial charge in [-0.05, 0) is 30.7 Å². The Bertz CT molecular complexity index is 603. The van der Waals surface area contributed by atoms with E-state index in [0.29, 0.717) is 24.3 Å².